The Morgan fingerprint density at radius 1 is 1.16 bits per heavy atom. The molecule has 0 aliphatic carbocycles. The zero-order valence-electron chi connectivity index (χ0n) is 25.3. The lowest BCUT2D eigenvalue weighted by atomic mass is 10.0. The monoisotopic (exact) mass is 596 g/mol. The summed E-state index contributed by atoms with van der Waals surface area (Å²) in [6, 6.07) is 13.5. The van der Waals surface area contributed by atoms with E-state index in [0.717, 1.165) is 43.0 Å². The SMILES string of the molecule is CN(C)C=NC1CCN(c2c(F)cc3c(=O)c(C(=O)NCCC4CCCN4C)cn4c3c2Oc2cc3ccccc3cc2-4)C1. The lowest BCUT2D eigenvalue weighted by molar-refractivity contribution is 0.0949. The van der Waals surface area contributed by atoms with Crippen LogP contribution in [0.2, 0.25) is 0 Å². The Kier molecular flexibility index (Phi) is 7.24. The zero-order chi connectivity index (χ0) is 30.5. The van der Waals surface area contributed by atoms with Gasteiger partial charge >= 0.3 is 0 Å². The van der Waals surface area contributed by atoms with Gasteiger partial charge in [0.15, 0.2) is 17.3 Å². The van der Waals surface area contributed by atoms with Crippen LogP contribution >= 0.6 is 0 Å². The van der Waals surface area contributed by atoms with Gasteiger partial charge in [-0.3, -0.25) is 14.6 Å². The topological polar surface area (TPSA) is 82.4 Å². The van der Waals surface area contributed by atoms with Crippen molar-refractivity contribution >= 4 is 39.6 Å². The van der Waals surface area contributed by atoms with Gasteiger partial charge in [-0.1, -0.05) is 24.3 Å². The second-order valence-corrected chi connectivity index (χ2v) is 12.4. The highest BCUT2D eigenvalue weighted by Gasteiger charge is 2.33. The number of aromatic nitrogens is 1. The number of pyridine rings is 1. The third kappa shape index (κ3) is 4.96. The van der Waals surface area contributed by atoms with Crippen molar-refractivity contribution in [2.24, 2.45) is 4.99 Å². The molecule has 228 valence electrons. The molecule has 44 heavy (non-hydrogen) atoms. The van der Waals surface area contributed by atoms with E-state index in [1.807, 2.05) is 64.9 Å². The van der Waals surface area contributed by atoms with Crippen molar-refractivity contribution in [1.82, 2.24) is 19.7 Å². The Labute approximate surface area is 255 Å². The summed E-state index contributed by atoms with van der Waals surface area (Å²) in [7, 11) is 5.93. The van der Waals surface area contributed by atoms with Gasteiger partial charge in [0.2, 0.25) is 5.43 Å². The molecule has 0 bridgehead atoms. The van der Waals surface area contributed by atoms with Crippen LogP contribution < -0.4 is 20.4 Å². The number of carbonyl (C=O) groups is 1. The minimum Gasteiger partial charge on any atom is -0.451 e. The summed E-state index contributed by atoms with van der Waals surface area (Å²) < 4.78 is 24.5. The van der Waals surface area contributed by atoms with E-state index in [0.29, 0.717) is 48.3 Å². The fraction of sp³-hybridized carbons (Fsp3) is 0.382. The third-order valence-corrected chi connectivity index (χ3v) is 9.14. The van der Waals surface area contributed by atoms with Crippen molar-refractivity contribution in [2.75, 3.05) is 52.2 Å². The summed E-state index contributed by atoms with van der Waals surface area (Å²) in [5, 5.41) is 5.03. The van der Waals surface area contributed by atoms with Crippen LogP contribution in [0.3, 0.4) is 0 Å². The first kappa shape index (κ1) is 28.3. The Morgan fingerprint density at radius 3 is 2.70 bits per heavy atom. The quantitative estimate of drug-likeness (QED) is 0.215. The lowest BCUT2D eigenvalue weighted by Crippen LogP contribution is -2.34. The van der Waals surface area contributed by atoms with Crippen LogP contribution in [0.5, 0.6) is 11.5 Å². The molecule has 2 saturated heterocycles. The molecule has 3 aliphatic heterocycles. The lowest BCUT2D eigenvalue weighted by Gasteiger charge is -2.29. The molecule has 10 heteroatoms. The van der Waals surface area contributed by atoms with E-state index in [-0.39, 0.29) is 22.7 Å². The van der Waals surface area contributed by atoms with E-state index < -0.39 is 17.2 Å². The van der Waals surface area contributed by atoms with Gasteiger partial charge in [0.1, 0.15) is 16.8 Å². The third-order valence-electron chi connectivity index (χ3n) is 9.14. The Balaban J connectivity index is 1.33. The van der Waals surface area contributed by atoms with Gasteiger partial charge in [-0.25, -0.2) is 4.39 Å². The van der Waals surface area contributed by atoms with E-state index in [2.05, 4.69) is 22.3 Å². The molecule has 2 fully saturated rings. The van der Waals surface area contributed by atoms with E-state index >= 15 is 4.39 Å². The summed E-state index contributed by atoms with van der Waals surface area (Å²) in [6.07, 6.45) is 7.21. The number of carbonyl (C=O) groups excluding carboxylic acids is 1. The maximum Gasteiger partial charge on any atom is 0.256 e. The molecule has 1 amide bonds. The van der Waals surface area contributed by atoms with E-state index in [9.17, 15) is 9.59 Å². The number of rotatable bonds is 7. The molecule has 1 aromatic heterocycles. The molecule has 2 unspecified atom stereocenters. The number of benzene rings is 3. The van der Waals surface area contributed by atoms with Gasteiger partial charge in [-0.2, -0.15) is 0 Å². The van der Waals surface area contributed by atoms with Gasteiger partial charge in [-0.05, 0) is 68.2 Å². The second kappa shape index (κ2) is 11.2. The van der Waals surface area contributed by atoms with Crippen LogP contribution in [0.1, 0.15) is 36.0 Å². The summed E-state index contributed by atoms with van der Waals surface area (Å²) in [5.41, 5.74) is 0.926. The molecule has 4 heterocycles. The number of fused-ring (bicyclic) bond motifs is 3. The van der Waals surface area contributed by atoms with Crippen molar-refractivity contribution < 1.29 is 13.9 Å². The average Bonchev–Trinajstić information content (AvgIpc) is 3.65. The number of aliphatic imine (C=N–C) groups is 1. The molecule has 3 aromatic carbocycles. The smallest absolute Gasteiger partial charge is 0.256 e. The first-order chi connectivity index (χ1) is 21.3. The molecule has 4 aromatic rings. The number of anilines is 1. The largest absolute Gasteiger partial charge is 0.451 e. The normalized spacial score (nSPS) is 19.6. The minimum atomic E-state index is -0.556. The number of likely N-dealkylation sites (tertiary alicyclic amines) is 1. The summed E-state index contributed by atoms with van der Waals surface area (Å²) in [6.45, 7) is 2.64. The van der Waals surface area contributed by atoms with Crippen molar-refractivity contribution in [3.05, 3.63) is 70.3 Å². The molecule has 7 rings (SSSR count). The van der Waals surface area contributed by atoms with Crippen molar-refractivity contribution in [1.29, 1.82) is 0 Å². The maximum atomic E-state index is 16.1. The molecule has 3 aliphatic rings. The molecular weight excluding hydrogens is 559 g/mol. The number of nitrogens with zero attached hydrogens (tertiary/aromatic N) is 5. The molecule has 2 atom stereocenters. The molecule has 1 N–H and O–H groups in total. The number of halogens is 1. The maximum absolute atomic E-state index is 16.1. The van der Waals surface area contributed by atoms with Crippen LogP contribution in [-0.2, 0) is 0 Å². The Morgan fingerprint density at radius 2 is 1.95 bits per heavy atom. The molecule has 0 radical (unpaired) electrons. The van der Waals surface area contributed by atoms with Gasteiger partial charge in [-0.15, -0.1) is 0 Å². The van der Waals surface area contributed by atoms with Gasteiger partial charge < -0.3 is 29.3 Å². The van der Waals surface area contributed by atoms with Crippen molar-refractivity contribution in [2.45, 2.75) is 37.8 Å². The highest BCUT2D eigenvalue weighted by atomic mass is 19.1. The number of hydrogen-bond acceptors (Lipinski definition) is 6. The fourth-order valence-electron chi connectivity index (χ4n) is 6.83. The molecular formula is C34H37FN6O3. The summed E-state index contributed by atoms with van der Waals surface area (Å²) in [4.78, 5) is 38.1. The van der Waals surface area contributed by atoms with E-state index in [1.165, 1.54) is 6.07 Å². The zero-order valence-corrected chi connectivity index (χ0v) is 25.3. The highest BCUT2D eigenvalue weighted by molar-refractivity contribution is 6.02. The molecule has 0 spiro atoms. The minimum absolute atomic E-state index is 0.0109. The van der Waals surface area contributed by atoms with E-state index in [4.69, 9.17) is 4.74 Å². The van der Waals surface area contributed by atoms with Gasteiger partial charge in [0, 0.05) is 46.0 Å². The molecule has 0 saturated carbocycles. The average molecular weight is 597 g/mol. The standard InChI is InChI=1S/C34H37FN6O3/c1-38(2)20-37-23-11-14-40(18-23)31-27(35)17-25-30-33(31)44-29-16-22-8-5-4-7-21(22)15-28(29)41(30)19-26(32(25)42)34(43)36-12-10-24-9-6-13-39(24)3/h4-5,7-8,15-17,19-20,23-24H,6,9-14,18H2,1-3H3,(H,36,43). The first-order valence-corrected chi connectivity index (χ1v) is 15.3. The van der Waals surface area contributed by atoms with Crippen molar-refractivity contribution in [3.63, 3.8) is 0 Å². The summed E-state index contributed by atoms with van der Waals surface area (Å²) >= 11 is 0. The summed E-state index contributed by atoms with van der Waals surface area (Å²) in [5.74, 6) is -0.194. The number of nitrogens with one attached hydrogen (secondary N) is 1. The second-order valence-electron chi connectivity index (χ2n) is 12.4. The van der Waals surface area contributed by atoms with Gasteiger partial charge in [0.25, 0.3) is 5.91 Å². The van der Waals surface area contributed by atoms with Crippen LogP contribution in [0.4, 0.5) is 10.1 Å². The molecule has 9 nitrogen and oxygen atoms in total. The van der Waals surface area contributed by atoms with Crippen molar-refractivity contribution in [3.8, 4) is 17.2 Å². The number of hydrogen-bond donors (Lipinski definition) is 1. The van der Waals surface area contributed by atoms with Crippen LogP contribution in [-0.4, -0.2) is 86.0 Å². The van der Waals surface area contributed by atoms with Gasteiger partial charge in [0.05, 0.1) is 23.5 Å². The fourth-order valence-corrected chi connectivity index (χ4v) is 6.83. The Hall–Kier alpha value is -4.44. The van der Waals surface area contributed by atoms with Crippen LogP contribution in [0.15, 0.2) is 58.4 Å². The first-order valence-electron chi connectivity index (χ1n) is 15.3. The van der Waals surface area contributed by atoms with E-state index in [1.54, 1.807) is 12.5 Å². The number of amides is 1. The predicted octanol–water partition coefficient (Wildman–Crippen LogP) is 4.77. The predicted molar refractivity (Wildman–Crippen MR) is 172 cm³/mol. The van der Waals surface area contributed by atoms with Crippen LogP contribution in [0.25, 0.3) is 27.4 Å². The number of ether oxygens (including phenoxy) is 1. The highest BCUT2D eigenvalue weighted by Crippen LogP contribution is 2.48. The van der Waals surface area contributed by atoms with Crippen LogP contribution in [0, 0.1) is 5.82 Å². The Bertz CT molecular complexity index is 1870.